The number of fused-ring (bicyclic) bond motifs is 2. The molecule has 37 heavy (non-hydrogen) atoms. The van der Waals surface area contributed by atoms with Gasteiger partial charge in [-0.25, -0.2) is 21.9 Å². The first-order valence-corrected chi connectivity index (χ1v) is 13.7. The molecule has 2 amide bonds. The lowest BCUT2D eigenvalue weighted by atomic mass is 9.81. The van der Waals surface area contributed by atoms with Crippen molar-refractivity contribution in [3.05, 3.63) is 64.7 Å². The van der Waals surface area contributed by atoms with Gasteiger partial charge in [0.2, 0.25) is 10.0 Å². The molecule has 2 fully saturated rings. The third kappa shape index (κ3) is 5.80. The summed E-state index contributed by atoms with van der Waals surface area (Å²) in [5.74, 6) is -8.50. The zero-order chi connectivity index (χ0) is 27.1. The number of nitrogens with zero attached hydrogens (tertiary/aromatic N) is 1. The van der Waals surface area contributed by atoms with Crippen LogP contribution >= 0.6 is 0 Å². The van der Waals surface area contributed by atoms with Crippen LogP contribution in [0.2, 0.25) is 0 Å². The van der Waals surface area contributed by atoms with E-state index in [2.05, 4.69) is 10.0 Å². The minimum atomic E-state index is -4.27. The van der Waals surface area contributed by atoms with Crippen molar-refractivity contribution in [3.8, 4) is 0 Å². The smallest absolute Gasteiger partial charge is 0.331 e. The summed E-state index contributed by atoms with van der Waals surface area (Å²) in [6, 6.07) is 4.42. The highest BCUT2D eigenvalue weighted by atomic mass is 32.2. The predicted octanol–water partition coefficient (Wildman–Crippen LogP) is 4.08. The number of carbonyl (C=O) groups excluding carboxylic acids is 2. The van der Waals surface area contributed by atoms with Gasteiger partial charge in [0.05, 0.1) is 11.8 Å². The SMILES string of the molecule is Cc1cc(NC(=O)c2ccc(F)c(C(F)(F)C(=O)N3[C@@H]4CCC[C@H]3C[C@@H](NS(C)(=O)=O)C4)c2)ccc1F. The van der Waals surface area contributed by atoms with Gasteiger partial charge in [-0.2, -0.15) is 8.78 Å². The highest BCUT2D eigenvalue weighted by Gasteiger charge is 2.52. The number of hydrogen-bond acceptors (Lipinski definition) is 4. The van der Waals surface area contributed by atoms with Crippen LogP contribution in [0.5, 0.6) is 0 Å². The van der Waals surface area contributed by atoms with E-state index in [4.69, 9.17) is 0 Å². The Labute approximate surface area is 212 Å². The number of piperidine rings is 2. The molecule has 12 heteroatoms. The quantitative estimate of drug-likeness (QED) is 0.539. The van der Waals surface area contributed by atoms with Crippen molar-refractivity contribution < 1.29 is 35.6 Å². The standard InChI is InChI=1S/C25H27F4N3O4S/c1-14-10-16(7-9-21(14)26)30-23(33)15-6-8-22(27)20(11-15)25(28,29)24(34)32-18-4-3-5-19(32)13-17(12-18)31-37(2,35)36/h6-11,17-19,31H,3-5,12-13H2,1-2H3,(H,30,33)/t17-,18+,19-. The molecule has 0 spiro atoms. The van der Waals surface area contributed by atoms with E-state index in [0.29, 0.717) is 31.4 Å². The molecule has 0 unspecified atom stereocenters. The fraction of sp³-hybridized carbons (Fsp3) is 0.440. The summed E-state index contributed by atoms with van der Waals surface area (Å²) in [7, 11) is -3.52. The second-order valence-corrected chi connectivity index (χ2v) is 11.5. The Morgan fingerprint density at radius 1 is 1.00 bits per heavy atom. The normalized spacial score (nSPS) is 22.0. The van der Waals surface area contributed by atoms with Crippen LogP contribution in [0, 0.1) is 18.6 Å². The van der Waals surface area contributed by atoms with Crippen LogP contribution in [0.15, 0.2) is 36.4 Å². The van der Waals surface area contributed by atoms with Gasteiger partial charge in [0.15, 0.2) is 0 Å². The number of sulfonamides is 1. The molecule has 2 aliphatic heterocycles. The molecular formula is C25H27F4N3O4S. The Bertz CT molecular complexity index is 1320. The molecule has 3 atom stereocenters. The Morgan fingerprint density at radius 3 is 2.22 bits per heavy atom. The van der Waals surface area contributed by atoms with E-state index in [-0.39, 0.29) is 29.7 Å². The molecule has 0 aromatic heterocycles. The molecule has 0 saturated carbocycles. The van der Waals surface area contributed by atoms with Crippen molar-refractivity contribution in [1.29, 1.82) is 0 Å². The lowest BCUT2D eigenvalue weighted by Crippen LogP contribution is -2.61. The molecule has 200 valence electrons. The van der Waals surface area contributed by atoms with E-state index in [1.165, 1.54) is 19.1 Å². The highest BCUT2D eigenvalue weighted by molar-refractivity contribution is 7.88. The van der Waals surface area contributed by atoms with Gasteiger partial charge in [-0.1, -0.05) is 0 Å². The maximum atomic E-state index is 15.5. The van der Waals surface area contributed by atoms with E-state index in [9.17, 15) is 26.8 Å². The summed E-state index contributed by atoms with van der Waals surface area (Å²) in [6.07, 6.45) is 2.89. The van der Waals surface area contributed by atoms with Crippen molar-refractivity contribution in [3.63, 3.8) is 0 Å². The molecule has 4 rings (SSSR count). The van der Waals surface area contributed by atoms with Crippen molar-refractivity contribution in [2.75, 3.05) is 11.6 Å². The second kappa shape index (κ2) is 10.1. The maximum absolute atomic E-state index is 15.5. The van der Waals surface area contributed by atoms with Gasteiger partial charge in [-0.05, 0) is 81.0 Å². The molecule has 7 nitrogen and oxygen atoms in total. The third-order valence-electron chi connectivity index (χ3n) is 6.84. The van der Waals surface area contributed by atoms with Crippen LogP contribution in [0.1, 0.15) is 53.6 Å². The van der Waals surface area contributed by atoms with E-state index in [1.807, 2.05) is 0 Å². The Hall–Kier alpha value is -2.99. The van der Waals surface area contributed by atoms with Crippen LogP contribution < -0.4 is 10.0 Å². The van der Waals surface area contributed by atoms with Crippen molar-refractivity contribution in [2.45, 2.75) is 63.1 Å². The highest BCUT2D eigenvalue weighted by Crippen LogP contribution is 2.40. The largest absolute Gasteiger partial charge is 0.352 e. The van der Waals surface area contributed by atoms with Crippen LogP contribution in [-0.2, 0) is 20.7 Å². The molecule has 2 heterocycles. The van der Waals surface area contributed by atoms with Crippen LogP contribution in [0.4, 0.5) is 23.2 Å². The minimum Gasteiger partial charge on any atom is -0.331 e. The average Bonchev–Trinajstić information content (AvgIpc) is 2.79. The Morgan fingerprint density at radius 2 is 1.62 bits per heavy atom. The average molecular weight is 542 g/mol. The van der Waals surface area contributed by atoms with Gasteiger partial charge < -0.3 is 10.2 Å². The number of carbonyl (C=O) groups is 2. The first-order chi connectivity index (χ1) is 17.3. The van der Waals surface area contributed by atoms with Crippen molar-refractivity contribution in [2.24, 2.45) is 0 Å². The topological polar surface area (TPSA) is 95.6 Å². The number of anilines is 1. The van der Waals surface area contributed by atoms with E-state index < -0.39 is 63.1 Å². The van der Waals surface area contributed by atoms with Gasteiger partial charge in [0.25, 0.3) is 11.8 Å². The van der Waals surface area contributed by atoms with E-state index in [1.54, 1.807) is 0 Å². The number of amides is 2. The van der Waals surface area contributed by atoms with Crippen LogP contribution in [-0.4, -0.2) is 49.5 Å². The molecule has 2 bridgehead atoms. The van der Waals surface area contributed by atoms with Gasteiger partial charge in [-0.15, -0.1) is 0 Å². The number of aryl methyl sites for hydroxylation is 1. The van der Waals surface area contributed by atoms with Gasteiger partial charge in [0, 0.05) is 29.4 Å². The van der Waals surface area contributed by atoms with Crippen molar-refractivity contribution >= 4 is 27.5 Å². The van der Waals surface area contributed by atoms with Crippen LogP contribution in [0.3, 0.4) is 0 Å². The summed E-state index contributed by atoms with van der Waals surface area (Å²) in [4.78, 5) is 26.9. The molecular weight excluding hydrogens is 514 g/mol. The molecule has 2 aromatic rings. The first kappa shape index (κ1) is 27.1. The lowest BCUT2D eigenvalue weighted by molar-refractivity contribution is -0.170. The number of alkyl halides is 2. The summed E-state index contributed by atoms with van der Waals surface area (Å²) in [6.45, 7) is 1.49. The fourth-order valence-electron chi connectivity index (χ4n) is 5.22. The van der Waals surface area contributed by atoms with Crippen LogP contribution in [0.25, 0.3) is 0 Å². The lowest BCUT2D eigenvalue weighted by Gasteiger charge is -2.49. The molecule has 2 saturated heterocycles. The second-order valence-electron chi connectivity index (χ2n) is 9.70. The summed E-state index contributed by atoms with van der Waals surface area (Å²) in [5.41, 5.74) is -1.05. The van der Waals surface area contributed by atoms with E-state index in [0.717, 1.165) is 23.3 Å². The molecule has 0 radical (unpaired) electrons. The van der Waals surface area contributed by atoms with Gasteiger partial charge in [-0.3, -0.25) is 9.59 Å². The number of rotatable bonds is 6. The third-order valence-corrected chi connectivity index (χ3v) is 7.60. The predicted molar refractivity (Wildman–Crippen MR) is 129 cm³/mol. The summed E-state index contributed by atoms with van der Waals surface area (Å²) >= 11 is 0. The molecule has 2 aliphatic rings. The Kier molecular flexibility index (Phi) is 7.35. The summed E-state index contributed by atoms with van der Waals surface area (Å²) in [5, 5.41) is 2.45. The number of nitrogens with one attached hydrogen (secondary N) is 2. The van der Waals surface area contributed by atoms with Crippen molar-refractivity contribution in [1.82, 2.24) is 9.62 Å². The number of halogens is 4. The molecule has 2 N–H and O–H groups in total. The van der Waals surface area contributed by atoms with Gasteiger partial charge >= 0.3 is 5.92 Å². The first-order valence-electron chi connectivity index (χ1n) is 11.8. The van der Waals surface area contributed by atoms with Gasteiger partial charge in [0.1, 0.15) is 11.6 Å². The minimum absolute atomic E-state index is 0.174. The summed E-state index contributed by atoms with van der Waals surface area (Å²) < 4.78 is 84.9. The monoisotopic (exact) mass is 541 g/mol. The Balaban J connectivity index is 1.57. The zero-order valence-electron chi connectivity index (χ0n) is 20.2. The molecule has 2 aromatic carbocycles. The number of benzene rings is 2. The van der Waals surface area contributed by atoms with E-state index >= 15 is 8.78 Å². The number of hydrogen-bond donors (Lipinski definition) is 2. The maximum Gasteiger partial charge on any atom is 0.352 e. The fourth-order valence-corrected chi connectivity index (χ4v) is 6.02. The molecule has 0 aliphatic carbocycles. The zero-order valence-corrected chi connectivity index (χ0v) is 21.0.